The number of hydrogen-bond acceptors (Lipinski definition) is 4. The minimum atomic E-state index is -3.51. The van der Waals surface area contributed by atoms with Gasteiger partial charge in [-0.2, -0.15) is 16.1 Å². The number of hydrogen-bond donors (Lipinski definition) is 1. The maximum Gasteiger partial charge on any atom is 0.243 e. The van der Waals surface area contributed by atoms with Crippen LogP contribution in [0.4, 0.5) is 0 Å². The molecule has 0 heterocycles. The second kappa shape index (κ2) is 7.26. The summed E-state index contributed by atoms with van der Waals surface area (Å²) in [4.78, 5) is 0.322. The molecule has 4 nitrogen and oxygen atoms in total. The largest absolute Gasteiger partial charge is 0.326 e. The van der Waals surface area contributed by atoms with Crippen molar-refractivity contribution in [3.63, 3.8) is 0 Å². The van der Waals surface area contributed by atoms with Crippen molar-refractivity contribution in [3.8, 4) is 0 Å². The quantitative estimate of drug-likeness (QED) is 0.823. The van der Waals surface area contributed by atoms with Gasteiger partial charge in [-0.1, -0.05) is 15.9 Å². The fraction of sp³-hybridized carbons (Fsp3) is 0.538. The van der Waals surface area contributed by atoms with Gasteiger partial charge >= 0.3 is 0 Å². The molecular formula is C13H21BrN2O2S2. The zero-order valence-electron chi connectivity index (χ0n) is 12.2. The first-order valence-electron chi connectivity index (χ1n) is 6.21. The Hall–Kier alpha value is -0.0800. The van der Waals surface area contributed by atoms with Crippen LogP contribution in [0.15, 0.2) is 21.5 Å². The standard InChI is InChI=1S/C13H21BrN2O2S2/c1-9(8-19-4)16(3)20(17,18)13-6-11(7-15)5-12(14)10(13)2/h5-6,9H,7-8,15H2,1-4H3. The van der Waals surface area contributed by atoms with E-state index in [0.29, 0.717) is 17.0 Å². The molecule has 114 valence electrons. The Balaban J connectivity index is 3.31. The van der Waals surface area contributed by atoms with Gasteiger partial charge in [0.1, 0.15) is 0 Å². The lowest BCUT2D eigenvalue weighted by Gasteiger charge is -2.25. The van der Waals surface area contributed by atoms with Gasteiger partial charge in [0.25, 0.3) is 0 Å². The van der Waals surface area contributed by atoms with Crippen molar-refractivity contribution in [2.45, 2.75) is 31.3 Å². The monoisotopic (exact) mass is 380 g/mol. The van der Waals surface area contributed by atoms with Crippen LogP contribution in [-0.2, 0) is 16.6 Å². The van der Waals surface area contributed by atoms with E-state index < -0.39 is 10.0 Å². The first-order chi connectivity index (χ1) is 9.25. The lowest BCUT2D eigenvalue weighted by atomic mass is 10.1. The van der Waals surface area contributed by atoms with E-state index in [4.69, 9.17) is 5.73 Å². The first-order valence-corrected chi connectivity index (χ1v) is 9.84. The number of halogens is 1. The summed E-state index contributed by atoms with van der Waals surface area (Å²) in [6, 6.07) is 3.46. The van der Waals surface area contributed by atoms with Crippen molar-refractivity contribution in [2.75, 3.05) is 19.1 Å². The molecule has 0 amide bonds. The zero-order chi connectivity index (χ0) is 15.5. The van der Waals surface area contributed by atoms with Crippen LogP contribution in [0.1, 0.15) is 18.1 Å². The summed E-state index contributed by atoms with van der Waals surface area (Å²) >= 11 is 5.03. The lowest BCUT2D eigenvalue weighted by molar-refractivity contribution is 0.414. The zero-order valence-corrected chi connectivity index (χ0v) is 15.4. The fourth-order valence-electron chi connectivity index (χ4n) is 1.83. The van der Waals surface area contributed by atoms with E-state index in [1.165, 1.54) is 4.31 Å². The minimum Gasteiger partial charge on any atom is -0.326 e. The van der Waals surface area contributed by atoms with Crippen LogP contribution in [0.3, 0.4) is 0 Å². The summed E-state index contributed by atoms with van der Waals surface area (Å²) in [6.07, 6.45) is 1.97. The molecule has 0 saturated carbocycles. The molecule has 0 saturated heterocycles. The summed E-state index contributed by atoms with van der Waals surface area (Å²) in [7, 11) is -1.89. The molecule has 1 atom stereocenters. The van der Waals surface area contributed by atoms with Crippen molar-refractivity contribution < 1.29 is 8.42 Å². The van der Waals surface area contributed by atoms with Gasteiger partial charge in [0, 0.05) is 29.9 Å². The average molecular weight is 381 g/mol. The molecule has 1 unspecified atom stereocenters. The number of thioether (sulfide) groups is 1. The van der Waals surface area contributed by atoms with Gasteiger partial charge in [0.05, 0.1) is 4.90 Å². The topological polar surface area (TPSA) is 63.4 Å². The van der Waals surface area contributed by atoms with E-state index in [0.717, 1.165) is 15.8 Å². The maximum atomic E-state index is 12.7. The number of benzene rings is 1. The second-order valence-electron chi connectivity index (χ2n) is 4.73. The Bertz CT molecular complexity index is 576. The van der Waals surface area contributed by atoms with Crippen LogP contribution in [0.5, 0.6) is 0 Å². The highest BCUT2D eigenvalue weighted by atomic mass is 79.9. The van der Waals surface area contributed by atoms with Gasteiger partial charge < -0.3 is 5.73 Å². The molecule has 0 spiro atoms. The van der Waals surface area contributed by atoms with Crippen LogP contribution in [0.2, 0.25) is 0 Å². The Kier molecular flexibility index (Phi) is 6.53. The van der Waals surface area contributed by atoms with Gasteiger partial charge in [0.2, 0.25) is 10.0 Å². The summed E-state index contributed by atoms with van der Waals surface area (Å²) in [5.74, 6) is 0.756. The van der Waals surface area contributed by atoms with Crippen LogP contribution < -0.4 is 5.73 Å². The van der Waals surface area contributed by atoms with Crippen LogP contribution in [-0.4, -0.2) is 37.8 Å². The highest BCUT2D eigenvalue weighted by molar-refractivity contribution is 9.10. The third kappa shape index (κ3) is 3.76. The average Bonchev–Trinajstić information content (AvgIpc) is 2.40. The fourth-order valence-corrected chi connectivity index (χ4v) is 4.93. The van der Waals surface area contributed by atoms with E-state index in [1.54, 1.807) is 31.8 Å². The van der Waals surface area contributed by atoms with Crippen LogP contribution in [0.25, 0.3) is 0 Å². The number of nitrogens with zero attached hydrogens (tertiary/aromatic N) is 1. The Morgan fingerprint density at radius 2 is 2.05 bits per heavy atom. The lowest BCUT2D eigenvalue weighted by Crippen LogP contribution is -2.37. The maximum absolute atomic E-state index is 12.7. The molecule has 1 aromatic carbocycles. The van der Waals surface area contributed by atoms with Crippen molar-refractivity contribution in [1.82, 2.24) is 4.31 Å². The van der Waals surface area contributed by atoms with Gasteiger partial charge in [-0.15, -0.1) is 0 Å². The van der Waals surface area contributed by atoms with Crippen LogP contribution in [0, 0.1) is 6.92 Å². The predicted molar refractivity (Wildman–Crippen MR) is 89.6 cm³/mol. The Morgan fingerprint density at radius 3 is 2.55 bits per heavy atom. The molecule has 1 rings (SSSR count). The molecule has 0 aliphatic heterocycles. The van der Waals surface area contributed by atoms with Gasteiger partial charge in [-0.25, -0.2) is 8.42 Å². The normalized spacial score (nSPS) is 13.8. The molecule has 0 radical (unpaired) electrons. The molecule has 7 heteroatoms. The summed E-state index contributed by atoms with van der Waals surface area (Å²) < 4.78 is 27.7. The molecule has 20 heavy (non-hydrogen) atoms. The summed E-state index contributed by atoms with van der Waals surface area (Å²) in [6.45, 7) is 4.01. The number of nitrogens with two attached hydrogens (primary N) is 1. The third-order valence-corrected chi connectivity index (χ3v) is 7.02. The molecule has 2 N–H and O–H groups in total. The van der Waals surface area contributed by atoms with Crippen molar-refractivity contribution >= 4 is 37.7 Å². The molecular weight excluding hydrogens is 360 g/mol. The second-order valence-corrected chi connectivity index (χ2v) is 8.46. The molecule has 0 fully saturated rings. The minimum absolute atomic E-state index is 0.0605. The summed E-state index contributed by atoms with van der Waals surface area (Å²) in [5, 5.41) is 0. The molecule has 1 aromatic rings. The summed E-state index contributed by atoms with van der Waals surface area (Å²) in [5.41, 5.74) is 7.14. The van der Waals surface area contributed by atoms with Gasteiger partial charge in [-0.05, 0) is 43.4 Å². The highest BCUT2D eigenvalue weighted by Crippen LogP contribution is 2.28. The van der Waals surface area contributed by atoms with E-state index in [9.17, 15) is 8.42 Å². The van der Waals surface area contributed by atoms with Gasteiger partial charge in [-0.3, -0.25) is 0 Å². The van der Waals surface area contributed by atoms with E-state index in [2.05, 4.69) is 15.9 Å². The molecule has 0 aliphatic rings. The number of sulfonamides is 1. The van der Waals surface area contributed by atoms with E-state index in [1.807, 2.05) is 19.2 Å². The van der Waals surface area contributed by atoms with Crippen molar-refractivity contribution in [2.24, 2.45) is 5.73 Å². The van der Waals surface area contributed by atoms with Gasteiger partial charge in [0.15, 0.2) is 0 Å². The van der Waals surface area contributed by atoms with Crippen LogP contribution >= 0.6 is 27.7 Å². The smallest absolute Gasteiger partial charge is 0.243 e. The Labute approximate surface area is 134 Å². The number of rotatable bonds is 6. The molecule has 0 bridgehead atoms. The molecule has 0 aromatic heterocycles. The highest BCUT2D eigenvalue weighted by Gasteiger charge is 2.27. The van der Waals surface area contributed by atoms with Crippen molar-refractivity contribution in [3.05, 3.63) is 27.7 Å². The third-order valence-electron chi connectivity index (χ3n) is 3.28. The first kappa shape index (κ1) is 18.0. The Morgan fingerprint density at radius 1 is 1.45 bits per heavy atom. The molecule has 0 aliphatic carbocycles. The predicted octanol–water partition coefficient (Wildman–Crippen LogP) is 2.59. The van der Waals surface area contributed by atoms with Crippen molar-refractivity contribution in [1.29, 1.82) is 0 Å². The SMILES string of the molecule is CSCC(C)N(C)S(=O)(=O)c1cc(CN)cc(Br)c1C. The van der Waals surface area contributed by atoms with E-state index in [-0.39, 0.29) is 6.04 Å². The van der Waals surface area contributed by atoms with E-state index >= 15 is 0 Å².